The predicted molar refractivity (Wildman–Crippen MR) is 68.5 cm³/mol. The Labute approximate surface area is 113 Å². The quantitative estimate of drug-likeness (QED) is 0.758. The van der Waals surface area contributed by atoms with Gasteiger partial charge in [0, 0.05) is 19.5 Å². The molecule has 2 saturated heterocycles. The van der Waals surface area contributed by atoms with Crippen molar-refractivity contribution in [1.29, 1.82) is 0 Å². The molecule has 2 amide bonds. The lowest BCUT2D eigenvalue weighted by Gasteiger charge is -2.35. The van der Waals surface area contributed by atoms with E-state index < -0.39 is 0 Å². The third kappa shape index (κ3) is 3.67. The maximum atomic E-state index is 12.3. The number of carbonyl (C=O) groups is 2. The van der Waals surface area contributed by atoms with Gasteiger partial charge in [-0.1, -0.05) is 6.42 Å². The van der Waals surface area contributed by atoms with E-state index in [1.807, 2.05) is 0 Å². The van der Waals surface area contributed by atoms with Crippen molar-refractivity contribution < 1.29 is 19.4 Å². The van der Waals surface area contributed by atoms with Crippen LogP contribution in [-0.2, 0) is 14.3 Å². The van der Waals surface area contributed by atoms with Crippen molar-refractivity contribution in [2.45, 2.75) is 31.7 Å². The molecule has 2 aliphatic heterocycles. The fourth-order valence-electron chi connectivity index (χ4n) is 2.59. The van der Waals surface area contributed by atoms with Crippen molar-refractivity contribution in [1.82, 2.24) is 9.80 Å². The smallest absolute Gasteiger partial charge is 0.242 e. The first kappa shape index (κ1) is 14.3. The van der Waals surface area contributed by atoms with Crippen LogP contribution >= 0.6 is 0 Å². The minimum absolute atomic E-state index is 0.0691. The molecule has 19 heavy (non-hydrogen) atoms. The second-order valence-corrected chi connectivity index (χ2v) is 5.12. The van der Waals surface area contributed by atoms with Crippen molar-refractivity contribution in [2.24, 2.45) is 0 Å². The van der Waals surface area contributed by atoms with Crippen LogP contribution in [0.4, 0.5) is 0 Å². The minimum atomic E-state index is -0.275. The number of morpholine rings is 1. The Hall–Kier alpha value is -1.14. The first-order valence-electron chi connectivity index (χ1n) is 6.98. The van der Waals surface area contributed by atoms with Gasteiger partial charge >= 0.3 is 0 Å². The molecule has 0 bridgehead atoms. The molecule has 1 atom stereocenters. The van der Waals surface area contributed by atoms with Crippen LogP contribution in [0.3, 0.4) is 0 Å². The van der Waals surface area contributed by atoms with Crippen molar-refractivity contribution in [3.05, 3.63) is 0 Å². The largest absolute Gasteiger partial charge is 0.394 e. The molecule has 2 rings (SSSR count). The number of aliphatic hydroxyl groups is 1. The van der Waals surface area contributed by atoms with Gasteiger partial charge in [0.15, 0.2) is 0 Å². The number of hydrogen-bond donors (Lipinski definition) is 1. The monoisotopic (exact) mass is 270 g/mol. The molecular formula is C13H22N2O4. The maximum absolute atomic E-state index is 12.3. The summed E-state index contributed by atoms with van der Waals surface area (Å²) in [5.74, 6) is -0.0164. The highest BCUT2D eigenvalue weighted by molar-refractivity contribution is 5.85. The Balaban J connectivity index is 1.93. The number of aliphatic hydroxyl groups excluding tert-OH is 1. The Morgan fingerprint density at radius 2 is 2.16 bits per heavy atom. The van der Waals surface area contributed by atoms with Gasteiger partial charge in [0.2, 0.25) is 11.8 Å². The number of ether oxygens (including phenoxy) is 1. The summed E-state index contributed by atoms with van der Waals surface area (Å²) in [6.45, 7) is 2.06. The highest BCUT2D eigenvalue weighted by Crippen LogP contribution is 2.13. The molecular weight excluding hydrogens is 248 g/mol. The van der Waals surface area contributed by atoms with Crippen LogP contribution in [0.15, 0.2) is 0 Å². The van der Waals surface area contributed by atoms with Crippen LogP contribution in [0.1, 0.15) is 25.7 Å². The lowest BCUT2D eigenvalue weighted by molar-refractivity contribution is -0.147. The summed E-state index contributed by atoms with van der Waals surface area (Å²) in [5, 5.41) is 9.26. The summed E-state index contributed by atoms with van der Waals surface area (Å²) in [6, 6.07) is -0.275. The molecule has 0 aromatic carbocycles. The molecule has 0 aromatic rings. The van der Waals surface area contributed by atoms with Crippen LogP contribution in [0.2, 0.25) is 0 Å². The molecule has 6 heteroatoms. The normalized spacial score (nSPS) is 25.3. The number of amides is 2. The van der Waals surface area contributed by atoms with Gasteiger partial charge in [-0.25, -0.2) is 0 Å². The minimum Gasteiger partial charge on any atom is -0.394 e. The average Bonchev–Trinajstić information content (AvgIpc) is 2.64. The number of likely N-dealkylation sites (tertiary alicyclic amines) is 1. The van der Waals surface area contributed by atoms with E-state index in [2.05, 4.69) is 0 Å². The van der Waals surface area contributed by atoms with Crippen LogP contribution in [0.5, 0.6) is 0 Å². The highest BCUT2D eigenvalue weighted by Gasteiger charge is 2.29. The zero-order chi connectivity index (χ0) is 13.7. The molecule has 2 heterocycles. The zero-order valence-corrected chi connectivity index (χ0v) is 11.2. The molecule has 0 saturated carbocycles. The lowest BCUT2D eigenvalue weighted by Crippen LogP contribution is -2.53. The van der Waals surface area contributed by atoms with Crippen molar-refractivity contribution in [3.8, 4) is 0 Å². The number of hydrogen-bond acceptors (Lipinski definition) is 4. The highest BCUT2D eigenvalue weighted by atomic mass is 16.5. The van der Waals surface area contributed by atoms with Gasteiger partial charge in [-0.15, -0.1) is 0 Å². The molecule has 0 spiro atoms. The van der Waals surface area contributed by atoms with E-state index in [-0.39, 0.29) is 31.0 Å². The van der Waals surface area contributed by atoms with Gasteiger partial charge in [0.1, 0.15) is 0 Å². The summed E-state index contributed by atoms with van der Waals surface area (Å²) in [4.78, 5) is 27.4. The van der Waals surface area contributed by atoms with E-state index in [0.717, 1.165) is 19.3 Å². The number of rotatable bonds is 3. The summed E-state index contributed by atoms with van der Waals surface area (Å²) in [7, 11) is 0. The molecule has 6 nitrogen and oxygen atoms in total. The van der Waals surface area contributed by atoms with E-state index in [4.69, 9.17) is 4.74 Å². The van der Waals surface area contributed by atoms with E-state index >= 15 is 0 Å². The standard InChI is InChI=1S/C13H22N2O4/c16-9-11-10-19-7-6-15(11)13(18)8-14-5-3-1-2-4-12(14)17/h11,16H,1-10H2. The average molecular weight is 270 g/mol. The molecule has 0 radical (unpaired) electrons. The van der Waals surface area contributed by atoms with Crippen LogP contribution < -0.4 is 0 Å². The SMILES string of the molecule is O=C1CCCCCN1CC(=O)N1CCOCC1CO. The van der Waals surface area contributed by atoms with E-state index in [0.29, 0.717) is 32.7 Å². The van der Waals surface area contributed by atoms with Gasteiger partial charge in [0.25, 0.3) is 0 Å². The number of nitrogens with zero attached hydrogens (tertiary/aromatic N) is 2. The van der Waals surface area contributed by atoms with Gasteiger partial charge in [-0.3, -0.25) is 9.59 Å². The summed E-state index contributed by atoms with van der Waals surface area (Å²) >= 11 is 0. The third-order valence-corrected chi connectivity index (χ3v) is 3.76. The van der Waals surface area contributed by atoms with E-state index in [9.17, 15) is 14.7 Å². The van der Waals surface area contributed by atoms with Crippen molar-refractivity contribution in [2.75, 3.05) is 39.5 Å². The Morgan fingerprint density at radius 3 is 2.95 bits per heavy atom. The Kier molecular flexibility index (Phi) is 5.15. The Bertz CT molecular complexity index is 335. The number of carbonyl (C=O) groups excluding carboxylic acids is 2. The van der Waals surface area contributed by atoms with Crippen LogP contribution in [-0.4, -0.2) is 72.2 Å². The molecule has 2 fully saturated rings. The third-order valence-electron chi connectivity index (χ3n) is 3.76. The molecule has 0 aliphatic carbocycles. The molecule has 0 aromatic heterocycles. The van der Waals surface area contributed by atoms with Gasteiger partial charge in [-0.05, 0) is 12.8 Å². The second kappa shape index (κ2) is 6.86. The molecule has 108 valence electrons. The van der Waals surface area contributed by atoms with Crippen molar-refractivity contribution in [3.63, 3.8) is 0 Å². The van der Waals surface area contributed by atoms with Crippen LogP contribution in [0.25, 0.3) is 0 Å². The fraction of sp³-hybridized carbons (Fsp3) is 0.846. The molecule has 1 N–H and O–H groups in total. The predicted octanol–water partition coefficient (Wildman–Crippen LogP) is -0.391. The molecule has 1 unspecified atom stereocenters. The molecule has 2 aliphatic rings. The first-order valence-corrected chi connectivity index (χ1v) is 6.98. The van der Waals surface area contributed by atoms with Gasteiger partial charge in [0.05, 0.1) is 32.4 Å². The zero-order valence-electron chi connectivity index (χ0n) is 11.2. The first-order chi connectivity index (χ1) is 9.22. The topological polar surface area (TPSA) is 70.1 Å². The summed E-state index contributed by atoms with van der Waals surface area (Å²) in [5.41, 5.74) is 0. The van der Waals surface area contributed by atoms with E-state index in [1.165, 1.54) is 0 Å². The van der Waals surface area contributed by atoms with Crippen molar-refractivity contribution >= 4 is 11.8 Å². The second-order valence-electron chi connectivity index (χ2n) is 5.12. The summed E-state index contributed by atoms with van der Waals surface area (Å²) < 4.78 is 5.25. The van der Waals surface area contributed by atoms with Gasteiger partial charge < -0.3 is 19.6 Å². The lowest BCUT2D eigenvalue weighted by atomic mass is 10.2. The Morgan fingerprint density at radius 1 is 1.32 bits per heavy atom. The summed E-state index contributed by atoms with van der Waals surface area (Å²) in [6.07, 6.45) is 3.47. The van der Waals surface area contributed by atoms with Gasteiger partial charge in [-0.2, -0.15) is 0 Å². The van der Waals surface area contributed by atoms with E-state index in [1.54, 1.807) is 9.80 Å². The fourth-order valence-corrected chi connectivity index (χ4v) is 2.59. The maximum Gasteiger partial charge on any atom is 0.242 e. The van der Waals surface area contributed by atoms with Crippen LogP contribution in [0, 0.1) is 0 Å².